The van der Waals surface area contributed by atoms with Crippen LogP contribution in [0.25, 0.3) is 0 Å². The van der Waals surface area contributed by atoms with Crippen molar-refractivity contribution in [2.24, 2.45) is 17.8 Å². The Morgan fingerprint density at radius 3 is 2.67 bits per heavy atom. The molecule has 2 rings (SSSR count). The lowest BCUT2D eigenvalue weighted by molar-refractivity contribution is -0.113. The van der Waals surface area contributed by atoms with Gasteiger partial charge in [0.05, 0.1) is 11.3 Å². The van der Waals surface area contributed by atoms with Gasteiger partial charge in [-0.1, -0.05) is 39.3 Å². The minimum atomic E-state index is -0.384. The van der Waals surface area contributed by atoms with Crippen molar-refractivity contribution in [3.8, 4) is 0 Å². The molecule has 0 bridgehead atoms. The van der Waals surface area contributed by atoms with E-state index in [-0.39, 0.29) is 23.9 Å². The first-order chi connectivity index (χ1) is 11.4. The van der Waals surface area contributed by atoms with E-state index >= 15 is 0 Å². The van der Waals surface area contributed by atoms with Crippen LogP contribution in [0.1, 0.15) is 50.4 Å². The number of rotatable bonds is 5. The molecule has 0 saturated heterocycles. The van der Waals surface area contributed by atoms with Gasteiger partial charge in [-0.25, -0.2) is 4.79 Å². The molecule has 0 spiro atoms. The molecule has 0 unspecified atom stereocenters. The molecule has 1 saturated carbocycles. The maximum Gasteiger partial charge on any atom is 0.340 e. The van der Waals surface area contributed by atoms with Crippen LogP contribution < -0.4 is 5.32 Å². The zero-order valence-corrected chi connectivity index (χ0v) is 15.3. The summed E-state index contributed by atoms with van der Waals surface area (Å²) in [6.45, 7) is 6.55. The van der Waals surface area contributed by atoms with E-state index in [2.05, 4.69) is 26.1 Å². The van der Waals surface area contributed by atoms with Gasteiger partial charge in [-0.05, 0) is 42.7 Å². The summed E-state index contributed by atoms with van der Waals surface area (Å²) in [5.41, 5.74) is 0.815. The predicted molar refractivity (Wildman–Crippen MR) is 96.3 cm³/mol. The molecule has 3 atom stereocenters. The molecule has 1 N–H and O–H groups in total. The van der Waals surface area contributed by atoms with Crippen LogP contribution in [-0.2, 0) is 9.53 Å². The van der Waals surface area contributed by atoms with Gasteiger partial charge in [-0.15, -0.1) is 11.6 Å². The molecule has 5 heteroatoms. The minimum absolute atomic E-state index is 0.0713. The fourth-order valence-electron chi connectivity index (χ4n) is 3.40. The average Bonchev–Trinajstić information content (AvgIpc) is 2.54. The van der Waals surface area contributed by atoms with Crippen LogP contribution >= 0.6 is 11.6 Å². The zero-order chi connectivity index (χ0) is 17.7. The molecular weight excluding hydrogens is 326 g/mol. The van der Waals surface area contributed by atoms with Gasteiger partial charge in [0, 0.05) is 0 Å². The second-order valence-electron chi connectivity index (χ2n) is 7.00. The van der Waals surface area contributed by atoms with Crippen LogP contribution in [0.4, 0.5) is 5.69 Å². The van der Waals surface area contributed by atoms with Crippen LogP contribution in [0.5, 0.6) is 0 Å². The number of anilines is 1. The predicted octanol–water partition coefficient (Wildman–Crippen LogP) is 4.48. The smallest absolute Gasteiger partial charge is 0.340 e. The molecule has 0 aromatic heterocycles. The maximum atomic E-state index is 12.7. The summed E-state index contributed by atoms with van der Waals surface area (Å²) >= 11 is 5.53. The first-order valence-electron chi connectivity index (χ1n) is 8.58. The Labute approximate surface area is 148 Å². The Kier molecular flexibility index (Phi) is 6.67. The number of halogens is 1. The third-order valence-corrected chi connectivity index (χ3v) is 5.00. The second-order valence-corrected chi connectivity index (χ2v) is 7.26. The Hall–Kier alpha value is -1.55. The Morgan fingerprint density at radius 2 is 2.00 bits per heavy atom. The number of benzene rings is 1. The number of nitrogens with one attached hydrogen (secondary N) is 1. The third-order valence-electron chi connectivity index (χ3n) is 4.76. The van der Waals surface area contributed by atoms with Gasteiger partial charge >= 0.3 is 5.97 Å². The first-order valence-corrected chi connectivity index (χ1v) is 9.11. The van der Waals surface area contributed by atoms with Crippen molar-refractivity contribution in [1.29, 1.82) is 0 Å². The van der Waals surface area contributed by atoms with Crippen molar-refractivity contribution in [2.75, 3.05) is 11.2 Å². The molecule has 1 fully saturated rings. The maximum absolute atomic E-state index is 12.7. The molecule has 0 aliphatic heterocycles. The van der Waals surface area contributed by atoms with Crippen molar-refractivity contribution in [3.63, 3.8) is 0 Å². The molecule has 0 heterocycles. The number of amides is 1. The number of para-hydroxylation sites is 1. The third kappa shape index (κ3) is 4.73. The fraction of sp³-hybridized carbons (Fsp3) is 0.579. The highest BCUT2D eigenvalue weighted by atomic mass is 35.5. The summed E-state index contributed by atoms with van der Waals surface area (Å²) < 4.78 is 5.85. The quantitative estimate of drug-likeness (QED) is 0.628. The number of esters is 1. The number of ether oxygens (including phenoxy) is 1. The van der Waals surface area contributed by atoms with Crippen molar-refractivity contribution in [1.82, 2.24) is 0 Å². The van der Waals surface area contributed by atoms with Crippen molar-refractivity contribution in [3.05, 3.63) is 29.8 Å². The van der Waals surface area contributed by atoms with E-state index in [1.165, 1.54) is 6.42 Å². The molecule has 24 heavy (non-hydrogen) atoms. The van der Waals surface area contributed by atoms with Crippen molar-refractivity contribution in [2.45, 2.75) is 46.1 Å². The van der Waals surface area contributed by atoms with E-state index in [9.17, 15) is 9.59 Å². The van der Waals surface area contributed by atoms with Gasteiger partial charge in [-0.2, -0.15) is 0 Å². The normalized spacial score (nSPS) is 23.8. The Bertz CT molecular complexity index is 588. The largest absolute Gasteiger partial charge is 0.458 e. The van der Waals surface area contributed by atoms with Crippen LogP contribution in [0.2, 0.25) is 0 Å². The second kappa shape index (κ2) is 8.52. The van der Waals surface area contributed by atoms with Gasteiger partial charge < -0.3 is 10.1 Å². The summed E-state index contributed by atoms with van der Waals surface area (Å²) in [6, 6.07) is 6.88. The van der Waals surface area contributed by atoms with E-state index in [1.54, 1.807) is 24.3 Å². The number of hydrogen-bond acceptors (Lipinski definition) is 3. The first kappa shape index (κ1) is 18.8. The molecule has 4 nitrogen and oxygen atoms in total. The SMILES string of the molecule is CC(C)[C@@H]1CC[C@@H](C)C[C@H]1OC(=O)c1ccccc1NC(=O)CCl. The highest BCUT2D eigenvalue weighted by Crippen LogP contribution is 2.36. The van der Waals surface area contributed by atoms with Gasteiger partial charge in [0.15, 0.2) is 0 Å². The minimum Gasteiger partial charge on any atom is -0.458 e. The summed E-state index contributed by atoms with van der Waals surface area (Å²) in [5, 5.41) is 2.65. The molecule has 1 aromatic rings. The highest BCUT2D eigenvalue weighted by Gasteiger charge is 2.34. The Balaban J connectivity index is 2.15. The lowest BCUT2D eigenvalue weighted by Gasteiger charge is -2.36. The van der Waals surface area contributed by atoms with Gasteiger partial charge in [0.25, 0.3) is 0 Å². The number of hydrogen-bond donors (Lipinski definition) is 1. The van der Waals surface area contributed by atoms with Crippen LogP contribution in [-0.4, -0.2) is 23.9 Å². The van der Waals surface area contributed by atoms with Crippen LogP contribution in [0.15, 0.2) is 24.3 Å². The molecular formula is C19H26ClNO3. The number of carbonyl (C=O) groups is 2. The van der Waals surface area contributed by atoms with E-state index in [0.717, 1.165) is 12.8 Å². The van der Waals surface area contributed by atoms with Crippen LogP contribution in [0.3, 0.4) is 0 Å². The van der Waals surface area contributed by atoms with E-state index in [1.807, 2.05) is 0 Å². The fourth-order valence-corrected chi connectivity index (χ4v) is 3.47. The molecule has 1 aromatic carbocycles. The van der Waals surface area contributed by atoms with E-state index in [4.69, 9.17) is 16.3 Å². The monoisotopic (exact) mass is 351 g/mol. The molecule has 1 amide bonds. The zero-order valence-electron chi connectivity index (χ0n) is 14.5. The summed E-state index contributed by atoms with van der Waals surface area (Å²) in [4.78, 5) is 24.2. The van der Waals surface area contributed by atoms with E-state index in [0.29, 0.717) is 29.0 Å². The van der Waals surface area contributed by atoms with Gasteiger partial charge in [-0.3, -0.25) is 4.79 Å². The van der Waals surface area contributed by atoms with E-state index < -0.39 is 0 Å². The van der Waals surface area contributed by atoms with Crippen molar-refractivity contribution >= 4 is 29.2 Å². The standard InChI is InChI=1S/C19H26ClNO3/c1-12(2)14-9-8-13(3)10-17(14)24-19(23)15-6-4-5-7-16(15)21-18(22)11-20/h4-7,12-14,17H,8-11H2,1-3H3,(H,21,22)/t13-,14+,17-/m1/s1. The molecule has 1 aliphatic rings. The van der Waals surface area contributed by atoms with Gasteiger partial charge in [0.2, 0.25) is 5.91 Å². The van der Waals surface area contributed by atoms with Gasteiger partial charge in [0.1, 0.15) is 12.0 Å². The van der Waals surface area contributed by atoms with Crippen LogP contribution in [0, 0.1) is 17.8 Å². The summed E-state index contributed by atoms with van der Waals surface area (Å²) in [7, 11) is 0. The molecule has 132 valence electrons. The highest BCUT2D eigenvalue weighted by molar-refractivity contribution is 6.29. The average molecular weight is 352 g/mol. The lowest BCUT2D eigenvalue weighted by Crippen LogP contribution is -2.36. The number of carbonyl (C=O) groups excluding carboxylic acids is 2. The van der Waals surface area contributed by atoms with Crippen molar-refractivity contribution < 1.29 is 14.3 Å². The topological polar surface area (TPSA) is 55.4 Å². The molecule has 1 aliphatic carbocycles. The summed E-state index contributed by atoms with van der Waals surface area (Å²) in [5.74, 6) is 0.535. The molecule has 0 radical (unpaired) electrons. The lowest BCUT2D eigenvalue weighted by atomic mass is 9.75. The summed E-state index contributed by atoms with van der Waals surface area (Å²) in [6.07, 6.45) is 3.09. The Morgan fingerprint density at radius 1 is 1.29 bits per heavy atom. The number of alkyl halides is 1.